The summed E-state index contributed by atoms with van der Waals surface area (Å²) < 4.78 is 18.1. The summed E-state index contributed by atoms with van der Waals surface area (Å²) in [4.78, 5) is 11.1. The van der Waals surface area contributed by atoms with Crippen LogP contribution >= 0.6 is 15.9 Å². The lowest BCUT2D eigenvalue weighted by atomic mass is 9.79. The van der Waals surface area contributed by atoms with Gasteiger partial charge in [-0.15, -0.1) is 0 Å². The van der Waals surface area contributed by atoms with Gasteiger partial charge in [0.05, 0.1) is 12.7 Å². The first-order valence-corrected chi connectivity index (χ1v) is 4.70. The number of benzene rings is 1. The van der Waals surface area contributed by atoms with Crippen LogP contribution in [0.2, 0.25) is 0 Å². The van der Waals surface area contributed by atoms with Crippen molar-refractivity contribution in [3.05, 3.63) is 28.0 Å². The van der Waals surface area contributed by atoms with Crippen LogP contribution in [-0.4, -0.2) is 30.2 Å². The van der Waals surface area contributed by atoms with Gasteiger partial charge in [-0.1, -0.05) is 15.9 Å². The third kappa shape index (κ3) is 2.36. The Hall–Kier alpha value is -0.915. The number of hydrogen-bond acceptors (Lipinski definition) is 4. The highest BCUT2D eigenvalue weighted by atomic mass is 79.9. The van der Waals surface area contributed by atoms with Gasteiger partial charge in [0.1, 0.15) is 5.82 Å². The van der Waals surface area contributed by atoms with E-state index in [1.54, 1.807) is 0 Å². The molecule has 0 bridgehead atoms. The van der Waals surface area contributed by atoms with Gasteiger partial charge in [0.15, 0.2) is 0 Å². The molecule has 1 rings (SSSR count). The molecule has 0 aliphatic heterocycles. The van der Waals surface area contributed by atoms with E-state index < -0.39 is 24.4 Å². The Morgan fingerprint density at radius 3 is 2.60 bits per heavy atom. The Labute approximate surface area is 94.0 Å². The number of halogens is 2. The smallest absolute Gasteiger partial charge is 0.465 e. The predicted molar refractivity (Wildman–Crippen MR) is 55.3 cm³/mol. The van der Waals surface area contributed by atoms with Crippen molar-refractivity contribution < 1.29 is 24.0 Å². The van der Waals surface area contributed by atoms with Crippen LogP contribution in [0.1, 0.15) is 10.4 Å². The zero-order chi connectivity index (χ0) is 11.6. The Bertz CT molecular complexity index is 396. The molecule has 0 saturated carbocycles. The molecule has 0 aliphatic rings. The molecule has 7 heteroatoms. The van der Waals surface area contributed by atoms with E-state index in [-0.39, 0.29) is 10.0 Å². The maximum atomic E-state index is 13.6. The number of carbonyl (C=O) groups excluding carboxylic acids is 1. The summed E-state index contributed by atoms with van der Waals surface area (Å²) in [5.41, 5.74) is -0.735. The monoisotopic (exact) mass is 276 g/mol. The van der Waals surface area contributed by atoms with Gasteiger partial charge in [-0.05, 0) is 12.1 Å². The number of ether oxygens (including phenoxy) is 1. The number of esters is 1. The van der Waals surface area contributed by atoms with Crippen molar-refractivity contribution in [3.63, 3.8) is 0 Å². The van der Waals surface area contributed by atoms with Crippen molar-refractivity contribution in [3.8, 4) is 0 Å². The topological polar surface area (TPSA) is 66.8 Å². The minimum atomic E-state index is -2.00. The van der Waals surface area contributed by atoms with Gasteiger partial charge in [0, 0.05) is 9.94 Å². The van der Waals surface area contributed by atoms with E-state index in [1.807, 2.05) is 0 Å². The molecule has 1 aromatic carbocycles. The van der Waals surface area contributed by atoms with E-state index in [0.717, 1.165) is 7.11 Å². The van der Waals surface area contributed by atoms with E-state index >= 15 is 0 Å². The van der Waals surface area contributed by atoms with E-state index in [1.165, 1.54) is 12.1 Å². The molecule has 0 unspecified atom stereocenters. The molecule has 0 aliphatic carbocycles. The van der Waals surface area contributed by atoms with Gasteiger partial charge in [-0.3, -0.25) is 0 Å². The normalized spacial score (nSPS) is 9.93. The summed E-state index contributed by atoms with van der Waals surface area (Å²) in [7, 11) is -0.886. The van der Waals surface area contributed by atoms with Crippen molar-refractivity contribution >= 4 is 34.5 Å². The molecule has 0 saturated heterocycles. The van der Waals surface area contributed by atoms with Gasteiger partial charge < -0.3 is 14.8 Å². The molecule has 0 radical (unpaired) electrons. The summed E-state index contributed by atoms with van der Waals surface area (Å²) in [6, 6.07) is 2.53. The molecular weight excluding hydrogens is 270 g/mol. The van der Waals surface area contributed by atoms with Crippen molar-refractivity contribution in [2.45, 2.75) is 0 Å². The van der Waals surface area contributed by atoms with Crippen molar-refractivity contribution in [2.24, 2.45) is 0 Å². The quantitative estimate of drug-likeness (QED) is 0.592. The van der Waals surface area contributed by atoms with Crippen LogP contribution in [0.25, 0.3) is 0 Å². The summed E-state index contributed by atoms with van der Waals surface area (Å²) in [5, 5.41) is 17.8. The van der Waals surface area contributed by atoms with Crippen molar-refractivity contribution in [2.75, 3.05) is 7.11 Å². The third-order valence-corrected chi connectivity index (χ3v) is 2.48. The van der Waals surface area contributed by atoms with Crippen LogP contribution in [-0.2, 0) is 4.74 Å². The summed E-state index contributed by atoms with van der Waals surface area (Å²) >= 11 is 2.94. The van der Waals surface area contributed by atoms with Crippen LogP contribution in [0, 0.1) is 5.82 Å². The van der Waals surface area contributed by atoms with Gasteiger partial charge >= 0.3 is 13.1 Å². The lowest BCUT2D eigenvalue weighted by Crippen LogP contribution is -2.35. The largest absolute Gasteiger partial charge is 0.492 e. The summed E-state index contributed by atoms with van der Waals surface area (Å²) in [5.74, 6) is -1.88. The molecule has 1 aromatic rings. The summed E-state index contributed by atoms with van der Waals surface area (Å²) in [6.45, 7) is 0. The van der Waals surface area contributed by atoms with Gasteiger partial charge in [0.25, 0.3) is 0 Å². The molecular formula is C8H7BBrFO4. The summed E-state index contributed by atoms with van der Waals surface area (Å²) in [6.07, 6.45) is 0. The Kier molecular flexibility index (Phi) is 3.84. The van der Waals surface area contributed by atoms with E-state index in [0.29, 0.717) is 0 Å². The van der Waals surface area contributed by atoms with E-state index in [9.17, 15) is 9.18 Å². The average molecular weight is 277 g/mol. The van der Waals surface area contributed by atoms with Crippen LogP contribution in [0.4, 0.5) is 4.39 Å². The zero-order valence-corrected chi connectivity index (χ0v) is 9.28. The number of rotatable bonds is 2. The highest BCUT2D eigenvalue weighted by molar-refractivity contribution is 9.10. The number of hydrogen-bond donors (Lipinski definition) is 2. The third-order valence-electron chi connectivity index (χ3n) is 1.79. The molecule has 15 heavy (non-hydrogen) atoms. The van der Waals surface area contributed by atoms with Crippen LogP contribution < -0.4 is 5.46 Å². The minimum Gasteiger partial charge on any atom is -0.465 e. The van der Waals surface area contributed by atoms with Gasteiger partial charge in [-0.2, -0.15) is 0 Å². The SMILES string of the molecule is COC(=O)c1ccc(Br)c(B(O)O)c1F. The molecule has 2 N–H and O–H groups in total. The Balaban J connectivity index is 3.35. The number of methoxy groups -OCH3 is 1. The first-order valence-electron chi connectivity index (χ1n) is 3.91. The Morgan fingerprint density at radius 1 is 1.53 bits per heavy atom. The van der Waals surface area contributed by atoms with Crippen molar-refractivity contribution in [1.29, 1.82) is 0 Å². The molecule has 80 valence electrons. The minimum absolute atomic E-state index is 0.169. The first-order chi connectivity index (χ1) is 6.99. The molecule has 0 heterocycles. The standard InChI is InChI=1S/C8H7BBrFO4/c1-15-8(12)4-2-3-5(10)6(7(4)11)9(13)14/h2-3,13-14H,1H3. The van der Waals surface area contributed by atoms with Crippen LogP contribution in [0.5, 0.6) is 0 Å². The van der Waals surface area contributed by atoms with Crippen LogP contribution in [0.3, 0.4) is 0 Å². The molecule has 0 atom stereocenters. The molecule has 0 spiro atoms. The van der Waals surface area contributed by atoms with E-state index in [4.69, 9.17) is 10.0 Å². The second-order valence-electron chi connectivity index (χ2n) is 2.69. The molecule has 0 aromatic heterocycles. The highest BCUT2D eigenvalue weighted by Crippen LogP contribution is 2.14. The number of carbonyl (C=O) groups is 1. The lowest BCUT2D eigenvalue weighted by Gasteiger charge is -2.08. The zero-order valence-electron chi connectivity index (χ0n) is 7.70. The fraction of sp³-hybridized carbons (Fsp3) is 0.125. The first kappa shape index (κ1) is 12.2. The molecule has 0 fully saturated rings. The van der Waals surface area contributed by atoms with Crippen molar-refractivity contribution in [1.82, 2.24) is 0 Å². The fourth-order valence-corrected chi connectivity index (χ4v) is 1.58. The van der Waals surface area contributed by atoms with E-state index in [2.05, 4.69) is 20.7 Å². The maximum Gasteiger partial charge on any atom is 0.492 e. The second kappa shape index (κ2) is 4.74. The highest BCUT2D eigenvalue weighted by Gasteiger charge is 2.25. The average Bonchev–Trinajstić information content (AvgIpc) is 2.16. The molecule has 0 amide bonds. The second-order valence-corrected chi connectivity index (χ2v) is 3.54. The predicted octanol–water partition coefficient (Wildman–Crippen LogP) is 0.0546. The van der Waals surface area contributed by atoms with Crippen LogP contribution in [0.15, 0.2) is 16.6 Å². The molecule has 4 nitrogen and oxygen atoms in total. The van der Waals surface area contributed by atoms with Gasteiger partial charge in [-0.25, -0.2) is 9.18 Å². The van der Waals surface area contributed by atoms with Gasteiger partial charge in [0.2, 0.25) is 0 Å². The fourth-order valence-electron chi connectivity index (χ4n) is 1.07. The Morgan fingerprint density at radius 2 is 2.13 bits per heavy atom. The maximum absolute atomic E-state index is 13.6. The lowest BCUT2D eigenvalue weighted by molar-refractivity contribution is 0.0595.